The second-order valence-corrected chi connectivity index (χ2v) is 8.64. The Kier molecular flexibility index (Phi) is 8.71. The average Bonchev–Trinajstić information content (AvgIpc) is 3.31. The largest absolute Gasteiger partial charge is 0.354 e. The van der Waals surface area contributed by atoms with Crippen molar-refractivity contribution in [1.82, 2.24) is 10.3 Å². The van der Waals surface area contributed by atoms with Gasteiger partial charge in [-0.25, -0.2) is 4.98 Å². The van der Waals surface area contributed by atoms with Crippen LogP contribution < -0.4 is 15.5 Å². The molecule has 2 N–H and O–H groups in total. The lowest BCUT2D eigenvalue weighted by atomic mass is 10.1. The number of benzene rings is 2. The fourth-order valence-corrected chi connectivity index (χ4v) is 3.88. The molecule has 0 saturated heterocycles. The molecule has 1 heterocycles. The van der Waals surface area contributed by atoms with Crippen LogP contribution in [0.2, 0.25) is 0 Å². The predicted molar refractivity (Wildman–Crippen MR) is 131 cm³/mol. The van der Waals surface area contributed by atoms with Crippen molar-refractivity contribution in [2.24, 2.45) is 0 Å². The van der Waals surface area contributed by atoms with Crippen LogP contribution in [0.4, 0.5) is 10.8 Å². The number of aryl methyl sites for hydroxylation is 2. The average molecular weight is 465 g/mol. The zero-order chi connectivity index (χ0) is 23.6. The number of amides is 3. The summed E-state index contributed by atoms with van der Waals surface area (Å²) in [5.74, 6) is -0.810. The first-order chi connectivity index (χ1) is 15.9. The molecule has 2 aromatic carbocycles. The summed E-state index contributed by atoms with van der Waals surface area (Å²) in [6, 6.07) is 15.7. The number of hydrogen-bond donors (Lipinski definition) is 2. The second kappa shape index (κ2) is 11.9. The van der Waals surface area contributed by atoms with Gasteiger partial charge in [-0.3, -0.25) is 14.4 Å². The number of aromatic nitrogens is 1. The maximum absolute atomic E-state index is 13.1. The quantitative estimate of drug-likeness (QED) is 0.477. The predicted octanol–water partition coefficient (Wildman–Crippen LogP) is 3.87. The van der Waals surface area contributed by atoms with E-state index in [1.54, 1.807) is 11.6 Å². The maximum atomic E-state index is 13.1. The summed E-state index contributed by atoms with van der Waals surface area (Å²) in [5, 5.41) is 7.84. The molecule has 0 radical (unpaired) electrons. The van der Waals surface area contributed by atoms with E-state index in [0.29, 0.717) is 23.8 Å². The molecule has 7 nitrogen and oxygen atoms in total. The van der Waals surface area contributed by atoms with Crippen molar-refractivity contribution in [2.45, 2.75) is 33.1 Å². The number of nitrogens with one attached hydrogen (secondary N) is 2. The smallest absolute Gasteiger partial charge is 0.240 e. The minimum Gasteiger partial charge on any atom is -0.354 e. The number of thiazole rings is 1. The molecule has 0 fully saturated rings. The highest BCUT2D eigenvalue weighted by molar-refractivity contribution is 7.13. The highest BCUT2D eigenvalue weighted by Crippen LogP contribution is 2.23. The van der Waals surface area contributed by atoms with Gasteiger partial charge in [0.1, 0.15) is 6.54 Å². The lowest BCUT2D eigenvalue weighted by molar-refractivity contribution is -0.125. The molecule has 172 valence electrons. The third-order valence-corrected chi connectivity index (χ3v) is 5.77. The Labute approximate surface area is 197 Å². The van der Waals surface area contributed by atoms with E-state index < -0.39 is 0 Å². The van der Waals surface area contributed by atoms with Gasteiger partial charge >= 0.3 is 0 Å². The number of carbonyl (C=O) groups excluding carboxylic acids is 3. The van der Waals surface area contributed by atoms with Crippen LogP contribution in [-0.2, 0) is 20.8 Å². The summed E-state index contributed by atoms with van der Waals surface area (Å²) in [6.07, 6.45) is 2.31. The lowest BCUT2D eigenvalue weighted by Gasteiger charge is -2.24. The minimum atomic E-state index is -0.286. The van der Waals surface area contributed by atoms with E-state index >= 15 is 0 Å². The second-order valence-electron chi connectivity index (χ2n) is 7.74. The van der Waals surface area contributed by atoms with E-state index in [4.69, 9.17) is 0 Å². The molecular formula is C25H28N4O3S. The molecule has 0 bridgehead atoms. The van der Waals surface area contributed by atoms with E-state index in [2.05, 4.69) is 15.6 Å². The number of carbonyl (C=O) groups is 3. The number of hydrogen-bond acceptors (Lipinski definition) is 5. The minimum absolute atomic E-state index is 0.00933. The van der Waals surface area contributed by atoms with Crippen molar-refractivity contribution in [1.29, 1.82) is 0 Å². The molecule has 3 aromatic rings. The molecule has 0 aliphatic rings. The van der Waals surface area contributed by atoms with Crippen molar-refractivity contribution >= 4 is 39.9 Å². The van der Waals surface area contributed by atoms with Crippen LogP contribution in [0.15, 0.2) is 60.1 Å². The summed E-state index contributed by atoms with van der Waals surface area (Å²) in [4.78, 5) is 43.5. The summed E-state index contributed by atoms with van der Waals surface area (Å²) in [7, 11) is 0. The Morgan fingerprint density at radius 2 is 1.79 bits per heavy atom. The van der Waals surface area contributed by atoms with Gasteiger partial charge in [-0.05, 0) is 43.0 Å². The highest BCUT2D eigenvalue weighted by atomic mass is 32.1. The van der Waals surface area contributed by atoms with Gasteiger partial charge < -0.3 is 15.5 Å². The highest BCUT2D eigenvalue weighted by Gasteiger charge is 2.22. The summed E-state index contributed by atoms with van der Waals surface area (Å²) in [5.41, 5.74) is 3.68. The number of nitrogens with zero attached hydrogens (tertiary/aromatic N) is 2. The molecule has 0 atom stereocenters. The number of anilines is 2. The van der Waals surface area contributed by atoms with E-state index in [0.717, 1.165) is 16.7 Å². The zero-order valence-corrected chi connectivity index (χ0v) is 19.7. The molecule has 0 aliphatic heterocycles. The lowest BCUT2D eigenvalue weighted by Crippen LogP contribution is -2.42. The number of rotatable bonds is 10. The molecule has 3 rings (SSSR count). The standard InChI is InChI=1S/C25H28N4O3S/c1-18-8-9-19(2)21(16-18)29(17-23(31)26-13-12-20-6-4-3-5-7-20)24(32)11-10-22(30)28-25-27-14-15-33-25/h3-9,14-16H,10-13,17H2,1-2H3,(H,26,31)(H,27,28,30). The third kappa shape index (κ3) is 7.54. The SMILES string of the molecule is Cc1ccc(C)c(N(CC(=O)NCCc2ccccc2)C(=O)CCC(=O)Nc2nccs2)c1. The van der Waals surface area contributed by atoms with Crippen LogP contribution in [0.5, 0.6) is 0 Å². The molecule has 0 aliphatic carbocycles. The molecule has 33 heavy (non-hydrogen) atoms. The van der Waals surface area contributed by atoms with E-state index in [-0.39, 0.29) is 37.1 Å². The normalized spacial score (nSPS) is 10.5. The monoisotopic (exact) mass is 464 g/mol. The van der Waals surface area contributed by atoms with Crippen molar-refractivity contribution in [3.63, 3.8) is 0 Å². The van der Waals surface area contributed by atoms with Crippen LogP contribution in [0.1, 0.15) is 29.5 Å². The first-order valence-electron chi connectivity index (χ1n) is 10.8. The topological polar surface area (TPSA) is 91.4 Å². The van der Waals surface area contributed by atoms with Crippen LogP contribution in [0, 0.1) is 13.8 Å². The van der Waals surface area contributed by atoms with Gasteiger partial charge in [-0.2, -0.15) is 0 Å². The Hall–Kier alpha value is -3.52. The van der Waals surface area contributed by atoms with Gasteiger partial charge in [-0.15, -0.1) is 11.3 Å². The Morgan fingerprint density at radius 3 is 2.52 bits per heavy atom. The van der Waals surface area contributed by atoms with Crippen LogP contribution in [-0.4, -0.2) is 35.8 Å². The van der Waals surface area contributed by atoms with Gasteiger partial charge in [-0.1, -0.05) is 42.5 Å². The van der Waals surface area contributed by atoms with Crippen molar-refractivity contribution < 1.29 is 14.4 Å². The van der Waals surface area contributed by atoms with Gasteiger partial charge in [0, 0.05) is 36.7 Å². The van der Waals surface area contributed by atoms with Crippen molar-refractivity contribution in [3.8, 4) is 0 Å². The molecule has 8 heteroatoms. The molecule has 1 aromatic heterocycles. The molecule has 0 spiro atoms. The van der Waals surface area contributed by atoms with Crippen LogP contribution in [0.3, 0.4) is 0 Å². The first-order valence-corrected chi connectivity index (χ1v) is 11.7. The fraction of sp³-hybridized carbons (Fsp3) is 0.280. The molecule has 0 saturated carbocycles. The van der Waals surface area contributed by atoms with Gasteiger partial charge in [0.25, 0.3) is 0 Å². The van der Waals surface area contributed by atoms with Gasteiger partial charge in [0.2, 0.25) is 17.7 Å². The summed E-state index contributed by atoms with van der Waals surface area (Å²) < 4.78 is 0. The third-order valence-electron chi connectivity index (χ3n) is 5.08. The van der Waals surface area contributed by atoms with Gasteiger partial charge in [0.15, 0.2) is 5.13 Å². The Morgan fingerprint density at radius 1 is 1.00 bits per heavy atom. The maximum Gasteiger partial charge on any atom is 0.240 e. The van der Waals surface area contributed by atoms with Crippen LogP contribution >= 0.6 is 11.3 Å². The van der Waals surface area contributed by atoms with Crippen LogP contribution in [0.25, 0.3) is 0 Å². The fourth-order valence-electron chi connectivity index (χ4n) is 3.33. The molecular weight excluding hydrogens is 436 g/mol. The van der Waals surface area contributed by atoms with Crippen molar-refractivity contribution in [2.75, 3.05) is 23.3 Å². The van der Waals surface area contributed by atoms with E-state index in [9.17, 15) is 14.4 Å². The zero-order valence-electron chi connectivity index (χ0n) is 18.8. The first kappa shape index (κ1) is 24.1. The summed E-state index contributed by atoms with van der Waals surface area (Å²) >= 11 is 1.32. The molecule has 0 unspecified atom stereocenters. The van der Waals surface area contributed by atoms with Gasteiger partial charge in [0.05, 0.1) is 0 Å². The van der Waals surface area contributed by atoms with E-state index in [1.807, 2.05) is 62.4 Å². The Balaban J connectivity index is 1.62. The molecule has 3 amide bonds. The van der Waals surface area contributed by atoms with E-state index in [1.165, 1.54) is 16.2 Å². The summed E-state index contributed by atoms with van der Waals surface area (Å²) in [6.45, 7) is 4.21. The Bertz CT molecular complexity index is 1080. The van der Waals surface area contributed by atoms with Crippen molar-refractivity contribution in [3.05, 3.63) is 76.8 Å².